The SMILES string of the molecule is O=[N+]([O-])c1cccc2c(N3CC(CO)C3)ccnc12. The van der Waals surface area contributed by atoms with Gasteiger partial charge in [0.25, 0.3) is 5.69 Å². The van der Waals surface area contributed by atoms with E-state index >= 15 is 0 Å². The van der Waals surface area contributed by atoms with Crippen LogP contribution in [0.2, 0.25) is 0 Å². The number of anilines is 1. The lowest BCUT2D eigenvalue weighted by Crippen LogP contribution is -2.48. The molecule has 1 fully saturated rings. The van der Waals surface area contributed by atoms with Gasteiger partial charge in [0, 0.05) is 49.0 Å². The van der Waals surface area contributed by atoms with E-state index in [0.29, 0.717) is 11.4 Å². The maximum atomic E-state index is 11.0. The number of hydrogen-bond donors (Lipinski definition) is 1. The topological polar surface area (TPSA) is 79.5 Å². The molecular formula is C13H13N3O3. The van der Waals surface area contributed by atoms with Gasteiger partial charge in [0.15, 0.2) is 0 Å². The van der Waals surface area contributed by atoms with Gasteiger partial charge in [0.1, 0.15) is 5.52 Å². The molecule has 0 saturated carbocycles. The Labute approximate surface area is 109 Å². The molecule has 0 aliphatic carbocycles. The van der Waals surface area contributed by atoms with Crippen molar-refractivity contribution in [3.05, 3.63) is 40.6 Å². The van der Waals surface area contributed by atoms with Crippen LogP contribution in [0.4, 0.5) is 11.4 Å². The number of aliphatic hydroxyl groups excluding tert-OH is 1. The molecule has 3 rings (SSSR count). The van der Waals surface area contributed by atoms with Gasteiger partial charge < -0.3 is 10.0 Å². The smallest absolute Gasteiger partial charge is 0.295 e. The van der Waals surface area contributed by atoms with E-state index < -0.39 is 4.92 Å². The second kappa shape index (κ2) is 4.47. The Morgan fingerprint density at radius 1 is 1.42 bits per heavy atom. The van der Waals surface area contributed by atoms with Crippen LogP contribution in [0.5, 0.6) is 0 Å². The third-order valence-electron chi connectivity index (χ3n) is 3.48. The maximum Gasteiger partial charge on any atom is 0.295 e. The molecule has 1 N–H and O–H groups in total. The van der Waals surface area contributed by atoms with E-state index in [2.05, 4.69) is 9.88 Å². The number of para-hydroxylation sites is 1. The number of nitrogens with zero attached hydrogens (tertiary/aromatic N) is 3. The maximum absolute atomic E-state index is 11.0. The highest BCUT2D eigenvalue weighted by atomic mass is 16.6. The van der Waals surface area contributed by atoms with Crippen LogP contribution in [0.3, 0.4) is 0 Å². The van der Waals surface area contributed by atoms with E-state index in [1.807, 2.05) is 12.1 Å². The number of benzene rings is 1. The summed E-state index contributed by atoms with van der Waals surface area (Å²) in [5.74, 6) is 0.293. The minimum absolute atomic E-state index is 0.0265. The van der Waals surface area contributed by atoms with Gasteiger partial charge in [-0.15, -0.1) is 0 Å². The molecule has 1 aliphatic heterocycles. The Morgan fingerprint density at radius 3 is 2.89 bits per heavy atom. The summed E-state index contributed by atoms with van der Waals surface area (Å²) in [5, 5.41) is 20.8. The van der Waals surface area contributed by atoms with Crippen molar-refractivity contribution in [1.29, 1.82) is 0 Å². The molecule has 0 unspecified atom stereocenters. The number of non-ortho nitro benzene ring substituents is 1. The number of nitro groups is 1. The van der Waals surface area contributed by atoms with Crippen molar-refractivity contribution < 1.29 is 10.0 Å². The lowest BCUT2D eigenvalue weighted by molar-refractivity contribution is -0.383. The predicted molar refractivity (Wildman–Crippen MR) is 71.2 cm³/mol. The zero-order valence-corrected chi connectivity index (χ0v) is 10.2. The minimum Gasteiger partial charge on any atom is -0.396 e. The van der Waals surface area contributed by atoms with Crippen molar-refractivity contribution in [1.82, 2.24) is 4.98 Å². The first-order valence-electron chi connectivity index (χ1n) is 6.08. The number of fused-ring (bicyclic) bond motifs is 1. The monoisotopic (exact) mass is 259 g/mol. The Hall–Kier alpha value is -2.21. The van der Waals surface area contributed by atoms with Crippen LogP contribution in [0.25, 0.3) is 10.9 Å². The first-order valence-corrected chi connectivity index (χ1v) is 6.08. The van der Waals surface area contributed by atoms with Gasteiger partial charge in [-0.3, -0.25) is 10.1 Å². The molecule has 2 aromatic rings. The third kappa shape index (κ3) is 1.90. The highest BCUT2D eigenvalue weighted by Gasteiger charge is 2.28. The Morgan fingerprint density at radius 2 is 2.21 bits per heavy atom. The number of rotatable bonds is 3. The van der Waals surface area contributed by atoms with Crippen molar-refractivity contribution in [3.8, 4) is 0 Å². The first kappa shape index (κ1) is 11.9. The summed E-state index contributed by atoms with van der Waals surface area (Å²) < 4.78 is 0. The molecule has 19 heavy (non-hydrogen) atoms. The van der Waals surface area contributed by atoms with Crippen molar-refractivity contribution in [2.45, 2.75) is 0 Å². The largest absolute Gasteiger partial charge is 0.396 e. The Kier molecular flexibility index (Phi) is 2.79. The molecule has 1 aliphatic rings. The second-order valence-corrected chi connectivity index (χ2v) is 4.71. The second-order valence-electron chi connectivity index (χ2n) is 4.71. The van der Waals surface area contributed by atoms with Gasteiger partial charge in [0.2, 0.25) is 0 Å². The molecule has 1 aromatic heterocycles. The molecule has 0 radical (unpaired) electrons. The van der Waals surface area contributed by atoms with Gasteiger partial charge in [0.05, 0.1) is 4.92 Å². The van der Waals surface area contributed by atoms with Crippen molar-refractivity contribution in [2.75, 3.05) is 24.6 Å². The first-order chi connectivity index (χ1) is 9.20. The number of aliphatic hydroxyl groups is 1. The molecule has 0 atom stereocenters. The zero-order chi connectivity index (χ0) is 13.4. The number of nitro benzene ring substituents is 1. The highest BCUT2D eigenvalue weighted by molar-refractivity contribution is 5.96. The van der Waals surface area contributed by atoms with E-state index in [1.165, 1.54) is 6.07 Å². The minimum atomic E-state index is -0.411. The summed E-state index contributed by atoms with van der Waals surface area (Å²) >= 11 is 0. The lowest BCUT2D eigenvalue weighted by atomic mass is 9.99. The number of hydrogen-bond acceptors (Lipinski definition) is 5. The van der Waals surface area contributed by atoms with E-state index in [4.69, 9.17) is 5.11 Å². The van der Waals surface area contributed by atoms with E-state index in [1.54, 1.807) is 12.3 Å². The Bertz CT molecular complexity index is 638. The van der Waals surface area contributed by atoms with E-state index in [9.17, 15) is 10.1 Å². The van der Waals surface area contributed by atoms with Crippen LogP contribution in [0.1, 0.15) is 0 Å². The number of aromatic nitrogens is 1. The molecular weight excluding hydrogens is 246 g/mol. The molecule has 1 aromatic carbocycles. The fraction of sp³-hybridized carbons (Fsp3) is 0.308. The molecule has 6 heteroatoms. The summed E-state index contributed by atoms with van der Waals surface area (Å²) in [4.78, 5) is 16.8. The van der Waals surface area contributed by atoms with Gasteiger partial charge in [-0.25, -0.2) is 4.98 Å². The van der Waals surface area contributed by atoms with Gasteiger partial charge in [-0.1, -0.05) is 12.1 Å². The summed E-state index contributed by atoms with van der Waals surface area (Å²) in [5.41, 5.74) is 1.38. The predicted octanol–water partition coefficient (Wildman–Crippen LogP) is 1.57. The fourth-order valence-corrected chi connectivity index (χ4v) is 2.45. The Balaban J connectivity index is 2.07. The molecule has 0 bridgehead atoms. The third-order valence-corrected chi connectivity index (χ3v) is 3.48. The molecule has 0 spiro atoms. The summed E-state index contributed by atoms with van der Waals surface area (Å²) in [6.07, 6.45) is 1.59. The average molecular weight is 259 g/mol. The molecule has 2 heterocycles. The standard InChI is InChI=1S/C13H13N3O3/c17-8-9-6-15(7-9)11-4-5-14-13-10(11)2-1-3-12(13)16(18)19/h1-5,9,17H,6-8H2. The highest BCUT2D eigenvalue weighted by Crippen LogP contribution is 2.33. The fourth-order valence-electron chi connectivity index (χ4n) is 2.45. The van der Waals surface area contributed by atoms with Crippen LogP contribution in [0, 0.1) is 16.0 Å². The van der Waals surface area contributed by atoms with E-state index in [0.717, 1.165) is 24.2 Å². The summed E-state index contributed by atoms with van der Waals surface area (Å²) in [7, 11) is 0. The van der Waals surface area contributed by atoms with Gasteiger partial charge >= 0.3 is 0 Å². The average Bonchev–Trinajstić information content (AvgIpc) is 2.37. The molecule has 1 saturated heterocycles. The van der Waals surface area contributed by atoms with Crippen LogP contribution in [-0.4, -0.2) is 34.7 Å². The van der Waals surface area contributed by atoms with Crippen LogP contribution < -0.4 is 4.90 Å². The van der Waals surface area contributed by atoms with Crippen LogP contribution in [0.15, 0.2) is 30.5 Å². The van der Waals surface area contributed by atoms with E-state index in [-0.39, 0.29) is 12.3 Å². The zero-order valence-electron chi connectivity index (χ0n) is 10.2. The number of pyridine rings is 1. The normalized spacial score (nSPS) is 15.5. The van der Waals surface area contributed by atoms with Gasteiger partial charge in [-0.2, -0.15) is 0 Å². The molecule has 0 amide bonds. The summed E-state index contributed by atoms with van der Waals surface area (Å²) in [6.45, 7) is 1.73. The molecule has 98 valence electrons. The van der Waals surface area contributed by atoms with Crippen molar-refractivity contribution in [3.63, 3.8) is 0 Å². The van der Waals surface area contributed by atoms with Crippen molar-refractivity contribution >= 4 is 22.3 Å². The van der Waals surface area contributed by atoms with Crippen LogP contribution >= 0.6 is 0 Å². The van der Waals surface area contributed by atoms with Gasteiger partial charge in [-0.05, 0) is 6.07 Å². The summed E-state index contributed by atoms with van der Waals surface area (Å²) in [6, 6.07) is 6.84. The lowest BCUT2D eigenvalue weighted by Gasteiger charge is -2.40. The quantitative estimate of drug-likeness (QED) is 0.668. The van der Waals surface area contributed by atoms with Crippen molar-refractivity contribution in [2.24, 2.45) is 5.92 Å². The van der Waals surface area contributed by atoms with Crippen LogP contribution in [-0.2, 0) is 0 Å². The molecule has 6 nitrogen and oxygen atoms in total.